The molecule has 0 unspecified atom stereocenters. The molecule has 1 aromatic heterocycles. The molecule has 0 saturated heterocycles. The van der Waals surface area contributed by atoms with Crippen LogP contribution in [0.1, 0.15) is 46.5 Å². The van der Waals surface area contributed by atoms with E-state index in [1.165, 1.54) is 0 Å². The third kappa shape index (κ3) is 4.71. The average Bonchev–Trinajstić information content (AvgIpc) is 2.92. The fourth-order valence-corrected chi connectivity index (χ4v) is 5.28. The minimum absolute atomic E-state index is 0.0654. The molecule has 5 nitrogen and oxygen atoms in total. The maximum absolute atomic E-state index is 12.3. The van der Waals surface area contributed by atoms with Crippen LogP contribution in [-0.4, -0.2) is 30.7 Å². The quantitative estimate of drug-likeness (QED) is 0.640. The predicted molar refractivity (Wildman–Crippen MR) is 113 cm³/mol. The Morgan fingerprint density at radius 3 is 2.58 bits per heavy atom. The molecule has 0 atom stereocenters. The molecular formula is C18H27N3O2S3. The number of thiazole rings is 1. The van der Waals surface area contributed by atoms with E-state index in [0.717, 1.165) is 52.5 Å². The molecule has 1 aliphatic rings. The van der Waals surface area contributed by atoms with Crippen molar-refractivity contribution in [3.8, 4) is 0 Å². The molecule has 1 heterocycles. The van der Waals surface area contributed by atoms with Gasteiger partial charge in [-0.05, 0) is 70.6 Å². The summed E-state index contributed by atoms with van der Waals surface area (Å²) in [5, 5.41) is 3.50. The van der Waals surface area contributed by atoms with Crippen LogP contribution in [0.2, 0.25) is 0 Å². The maximum atomic E-state index is 12.3. The van der Waals surface area contributed by atoms with Crippen LogP contribution in [-0.2, 0) is 10.0 Å². The van der Waals surface area contributed by atoms with Crippen LogP contribution in [0, 0.1) is 5.92 Å². The fraction of sp³-hybridized carbons (Fsp3) is 0.611. The van der Waals surface area contributed by atoms with Crippen LogP contribution in [0.15, 0.2) is 22.5 Å². The summed E-state index contributed by atoms with van der Waals surface area (Å²) in [7, 11) is -3.27. The SMILES string of the molecule is CC(C)(C)S(=O)(=O)N[C@H]1CC[C@H](CNc2ccc3sc(S)nc3c2)CC1. The zero-order chi connectivity index (χ0) is 18.9. The second-order valence-corrected chi connectivity index (χ2v) is 12.2. The van der Waals surface area contributed by atoms with Gasteiger partial charge in [-0.25, -0.2) is 18.1 Å². The summed E-state index contributed by atoms with van der Waals surface area (Å²) in [6.45, 7) is 6.12. The van der Waals surface area contributed by atoms with Gasteiger partial charge in [0.05, 0.1) is 15.0 Å². The molecule has 0 spiro atoms. The number of fused-ring (bicyclic) bond motifs is 1. The van der Waals surface area contributed by atoms with Crippen molar-refractivity contribution in [2.75, 3.05) is 11.9 Å². The number of anilines is 1. The third-order valence-corrected chi connectivity index (χ3v) is 8.41. The van der Waals surface area contributed by atoms with Crippen molar-refractivity contribution in [2.24, 2.45) is 5.92 Å². The number of nitrogens with zero attached hydrogens (tertiary/aromatic N) is 1. The molecule has 2 N–H and O–H groups in total. The Bertz CT molecular complexity index is 863. The molecule has 0 aliphatic heterocycles. The van der Waals surface area contributed by atoms with Crippen molar-refractivity contribution in [3.05, 3.63) is 18.2 Å². The first kappa shape index (κ1) is 19.9. The number of thiol groups is 1. The van der Waals surface area contributed by atoms with Crippen LogP contribution >= 0.6 is 24.0 Å². The highest BCUT2D eigenvalue weighted by Crippen LogP contribution is 2.29. The Kier molecular flexibility index (Phi) is 5.86. The number of rotatable bonds is 5. The van der Waals surface area contributed by atoms with E-state index in [2.05, 4.69) is 45.9 Å². The lowest BCUT2D eigenvalue weighted by Gasteiger charge is -2.31. The van der Waals surface area contributed by atoms with Gasteiger partial charge in [-0.15, -0.1) is 24.0 Å². The van der Waals surface area contributed by atoms with Gasteiger partial charge in [0.25, 0.3) is 0 Å². The molecular weight excluding hydrogens is 386 g/mol. The molecule has 144 valence electrons. The van der Waals surface area contributed by atoms with E-state index in [9.17, 15) is 8.42 Å². The minimum atomic E-state index is -3.27. The number of hydrogen-bond acceptors (Lipinski definition) is 6. The van der Waals surface area contributed by atoms with Crippen LogP contribution < -0.4 is 10.0 Å². The number of sulfonamides is 1. The molecule has 3 rings (SSSR count). The number of benzene rings is 1. The summed E-state index contributed by atoms with van der Waals surface area (Å²) in [6.07, 6.45) is 3.86. The van der Waals surface area contributed by atoms with E-state index < -0.39 is 14.8 Å². The van der Waals surface area contributed by atoms with Crippen LogP contribution in [0.3, 0.4) is 0 Å². The number of hydrogen-bond donors (Lipinski definition) is 3. The normalized spacial score (nSPS) is 21.8. The molecule has 1 aromatic carbocycles. The molecule has 0 radical (unpaired) electrons. The summed E-state index contributed by atoms with van der Waals surface area (Å²) in [5.74, 6) is 0.567. The Labute approximate surface area is 165 Å². The van der Waals surface area contributed by atoms with Crippen molar-refractivity contribution in [2.45, 2.75) is 61.6 Å². The molecule has 1 fully saturated rings. The molecule has 1 saturated carbocycles. The van der Waals surface area contributed by atoms with E-state index in [-0.39, 0.29) is 6.04 Å². The van der Waals surface area contributed by atoms with Crippen molar-refractivity contribution >= 4 is 49.9 Å². The summed E-state index contributed by atoms with van der Waals surface area (Å²) < 4.78 is 28.6. The molecule has 0 amide bonds. The highest BCUT2D eigenvalue weighted by molar-refractivity contribution is 7.90. The fourth-order valence-electron chi connectivity index (χ4n) is 3.17. The second-order valence-electron chi connectivity index (χ2n) is 8.01. The van der Waals surface area contributed by atoms with Crippen molar-refractivity contribution < 1.29 is 8.42 Å². The summed E-state index contributed by atoms with van der Waals surface area (Å²) in [6, 6.07) is 6.29. The highest BCUT2D eigenvalue weighted by Gasteiger charge is 2.32. The Morgan fingerprint density at radius 1 is 1.23 bits per heavy atom. The zero-order valence-electron chi connectivity index (χ0n) is 15.4. The summed E-state index contributed by atoms with van der Waals surface area (Å²) in [4.78, 5) is 4.41. The lowest BCUT2D eigenvalue weighted by molar-refractivity contribution is 0.322. The van der Waals surface area contributed by atoms with Crippen molar-refractivity contribution in [3.63, 3.8) is 0 Å². The molecule has 26 heavy (non-hydrogen) atoms. The van der Waals surface area contributed by atoms with Gasteiger partial charge in [-0.1, -0.05) is 0 Å². The van der Waals surface area contributed by atoms with Crippen LogP contribution in [0.5, 0.6) is 0 Å². The van der Waals surface area contributed by atoms with E-state index in [1.54, 1.807) is 32.1 Å². The highest BCUT2D eigenvalue weighted by atomic mass is 32.2. The van der Waals surface area contributed by atoms with E-state index in [1.807, 2.05) is 0 Å². The first-order valence-corrected chi connectivity index (χ1v) is 11.7. The average molecular weight is 414 g/mol. The van der Waals surface area contributed by atoms with Gasteiger partial charge in [0, 0.05) is 18.3 Å². The van der Waals surface area contributed by atoms with Gasteiger partial charge >= 0.3 is 0 Å². The van der Waals surface area contributed by atoms with Crippen molar-refractivity contribution in [1.82, 2.24) is 9.71 Å². The molecule has 0 bridgehead atoms. The predicted octanol–water partition coefficient (Wildman–Crippen LogP) is 4.27. The summed E-state index contributed by atoms with van der Waals surface area (Å²) in [5.41, 5.74) is 2.05. The largest absolute Gasteiger partial charge is 0.385 e. The smallest absolute Gasteiger partial charge is 0.216 e. The van der Waals surface area contributed by atoms with Gasteiger partial charge in [-0.3, -0.25) is 0 Å². The van der Waals surface area contributed by atoms with Gasteiger partial charge in [-0.2, -0.15) is 0 Å². The van der Waals surface area contributed by atoms with E-state index in [4.69, 9.17) is 0 Å². The van der Waals surface area contributed by atoms with Gasteiger partial charge in [0.15, 0.2) is 0 Å². The number of aromatic nitrogens is 1. The van der Waals surface area contributed by atoms with Crippen LogP contribution in [0.25, 0.3) is 10.2 Å². The first-order valence-electron chi connectivity index (χ1n) is 8.99. The van der Waals surface area contributed by atoms with E-state index in [0.29, 0.717) is 5.92 Å². The lowest BCUT2D eigenvalue weighted by Crippen LogP contribution is -2.46. The third-order valence-electron chi connectivity index (χ3n) is 4.95. The minimum Gasteiger partial charge on any atom is -0.385 e. The molecule has 2 aromatic rings. The molecule has 8 heteroatoms. The Balaban J connectivity index is 1.49. The van der Waals surface area contributed by atoms with Gasteiger partial charge in [0.1, 0.15) is 4.34 Å². The van der Waals surface area contributed by atoms with Crippen LogP contribution in [0.4, 0.5) is 5.69 Å². The monoisotopic (exact) mass is 413 g/mol. The van der Waals surface area contributed by atoms with E-state index >= 15 is 0 Å². The Morgan fingerprint density at radius 2 is 1.92 bits per heavy atom. The lowest BCUT2D eigenvalue weighted by atomic mass is 9.86. The first-order chi connectivity index (χ1) is 12.1. The Hall–Kier alpha value is -0.830. The van der Waals surface area contributed by atoms with Crippen molar-refractivity contribution in [1.29, 1.82) is 0 Å². The zero-order valence-corrected chi connectivity index (χ0v) is 18.0. The number of nitrogens with one attached hydrogen (secondary N) is 2. The van der Waals surface area contributed by atoms with Gasteiger partial charge in [0.2, 0.25) is 10.0 Å². The van der Waals surface area contributed by atoms with Gasteiger partial charge < -0.3 is 5.32 Å². The topological polar surface area (TPSA) is 71.1 Å². The second kappa shape index (κ2) is 7.66. The standard InChI is InChI=1S/C18H27N3O2S3/c1-18(2,3)26(22,23)21-13-6-4-12(5-7-13)11-19-14-8-9-16-15(10-14)20-17(24)25-16/h8-10,12-13,19,21H,4-7,11H2,1-3H3,(H,20,24)/t12-,13-. The molecule has 1 aliphatic carbocycles. The maximum Gasteiger partial charge on any atom is 0.216 e. The summed E-state index contributed by atoms with van der Waals surface area (Å²) >= 11 is 5.89.